The van der Waals surface area contributed by atoms with Crippen molar-refractivity contribution in [2.45, 2.75) is 30.8 Å². The average Bonchev–Trinajstić information content (AvgIpc) is 3.53. The summed E-state index contributed by atoms with van der Waals surface area (Å²) in [6.45, 7) is 0.768. The van der Waals surface area contributed by atoms with Gasteiger partial charge >= 0.3 is 11.9 Å². The summed E-state index contributed by atoms with van der Waals surface area (Å²) in [5.74, 6) is -1.08. The minimum Gasteiger partial charge on any atom is -0.489 e. The number of amides is 2. The molecule has 4 aliphatic rings. The number of carbonyl (C=O) groups excluding carboxylic acids is 4. The Balaban J connectivity index is 1.12. The van der Waals surface area contributed by atoms with Crippen LogP contribution in [0.15, 0.2) is 75.3 Å². The number of esters is 2. The lowest BCUT2D eigenvalue weighted by atomic mass is 9.93. The first-order valence-electron chi connectivity index (χ1n) is 14.0. The molecule has 1 aliphatic carbocycles. The lowest BCUT2D eigenvalue weighted by Crippen LogP contribution is -2.75. The van der Waals surface area contributed by atoms with Gasteiger partial charge in [-0.15, -0.1) is 23.1 Å². The van der Waals surface area contributed by atoms with E-state index < -0.39 is 42.1 Å². The number of hydrogen-bond donors (Lipinski definition) is 1. The van der Waals surface area contributed by atoms with Crippen molar-refractivity contribution in [3.8, 4) is 17.2 Å². The Morgan fingerprint density at radius 2 is 2.00 bits per heavy atom. The summed E-state index contributed by atoms with van der Waals surface area (Å²) in [5, 5.41) is 4.23. The van der Waals surface area contributed by atoms with Crippen molar-refractivity contribution in [3.63, 3.8) is 0 Å². The van der Waals surface area contributed by atoms with Crippen LogP contribution in [-0.4, -0.2) is 70.2 Å². The van der Waals surface area contributed by atoms with E-state index in [9.17, 15) is 24.0 Å². The molecule has 0 radical (unpaired) electrons. The number of nitrogens with zero attached hydrogens (tertiary/aromatic N) is 2. The monoisotopic (exact) mass is 649 g/mol. The van der Waals surface area contributed by atoms with Crippen molar-refractivity contribution in [1.29, 1.82) is 0 Å². The first-order chi connectivity index (χ1) is 21.8. The first-order valence-corrected chi connectivity index (χ1v) is 15.9. The highest BCUT2D eigenvalue weighted by Crippen LogP contribution is 2.41. The molecule has 232 valence electrons. The quantitative estimate of drug-likeness (QED) is 0.0887. The molecular weight excluding hydrogens is 622 g/mol. The number of benzene rings is 2. The standard InChI is InChI=1S/C31H27N3O9S2/c1-17(35)41-16-42-31(39)28-18(15-45-30-27(29(38)34(28)30)33-26(37)14-21-5-3-11-44-21)4-2-10-40-20-7-9-23-25(13-20)43-24-12-19(36)6-8-22(24)32-23/h2-9,11-13,18,27-28,30H,10,14-16H2,1H3,(H,33,37)/b4-2-/t18?,27-,28?,30-/m1/s1. The van der Waals surface area contributed by atoms with Crippen molar-refractivity contribution in [2.24, 2.45) is 5.92 Å². The second kappa shape index (κ2) is 13.1. The lowest BCUT2D eigenvalue weighted by molar-refractivity contribution is -0.178. The topological polar surface area (TPSA) is 154 Å². The molecular formula is C31H27N3O9S2. The highest BCUT2D eigenvalue weighted by molar-refractivity contribution is 8.00. The zero-order valence-electron chi connectivity index (χ0n) is 23.9. The molecule has 6 rings (SSSR count). The Morgan fingerprint density at radius 1 is 1.13 bits per heavy atom. The van der Waals surface area contributed by atoms with E-state index in [0.717, 1.165) is 4.88 Å². The molecule has 4 atom stereocenters. The number of thioether (sulfide) groups is 1. The van der Waals surface area contributed by atoms with E-state index in [-0.39, 0.29) is 30.3 Å². The molecule has 2 fully saturated rings. The molecule has 1 aromatic carbocycles. The third-order valence-corrected chi connectivity index (χ3v) is 9.53. The molecule has 12 nitrogen and oxygen atoms in total. The van der Waals surface area contributed by atoms with Gasteiger partial charge in [-0.2, -0.15) is 0 Å². The van der Waals surface area contributed by atoms with Crippen LogP contribution in [-0.2, 0) is 35.1 Å². The number of thiophene rings is 1. The normalized spacial score (nSPS) is 20.9. The van der Waals surface area contributed by atoms with Gasteiger partial charge in [-0.05, 0) is 35.7 Å². The van der Waals surface area contributed by atoms with Gasteiger partial charge in [-0.25, -0.2) is 9.78 Å². The number of β-lactam (4-membered cyclic amide) rings is 1. The zero-order chi connectivity index (χ0) is 31.5. The van der Waals surface area contributed by atoms with Crippen LogP contribution in [0.1, 0.15) is 11.8 Å². The van der Waals surface area contributed by atoms with Crippen molar-refractivity contribution >= 4 is 58.0 Å². The van der Waals surface area contributed by atoms with E-state index in [1.165, 1.54) is 47.1 Å². The maximum Gasteiger partial charge on any atom is 0.332 e. The maximum absolute atomic E-state index is 13.2. The van der Waals surface area contributed by atoms with Gasteiger partial charge in [0.2, 0.25) is 18.6 Å². The molecule has 3 aliphatic heterocycles. The van der Waals surface area contributed by atoms with Crippen LogP contribution >= 0.6 is 23.1 Å². The van der Waals surface area contributed by atoms with E-state index >= 15 is 0 Å². The van der Waals surface area contributed by atoms with Gasteiger partial charge in [0.25, 0.3) is 0 Å². The van der Waals surface area contributed by atoms with Crippen LogP contribution in [0.2, 0.25) is 0 Å². The van der Waals surface area contributed by atoms with Crippen LogP contribution in [0.3, 0.4) is 0 Å². The molecule has 1 aromatic heterocycles. The Morgan fingerprint density at radius 3 is 2.80 bits per heavy atom. The van der Waals surface area contributed by atoms with Crippen LogP contribution in [0.5, 0.6) is 5.75 Å². The van der Waals surface area contributed by atoms with Gasteiger partial charge < -0.3 is 28.8 Å². The molecule has 0 bridgehead atoms. The summed E-state index contributed by atoms with van der Waals surface area (Å²) >= 11 is 2.91. The van der Waals surface area contributed by atoms with Crippen LogP contribution in [0.4, 0.5) is 0 Å². The molecule has 14 heteroatoms. The number of aromatic nitrogens is 1. The van der Waals surface area contributed by atoms with Crippen molar-refractivity contribution in [2.75, 3.05) is 19.2 Å². The lowest BCUT2D eigenvalue weighted by Gasteiger charge is -2.54. The van der Waals surface area contributed by atoms with Gasteiger partial charge in [-0.1, -0.05) is 18.2 Å². The fourth-order valence-electron chi connectivity index (χ4n) is 5.15. The van der Waals surface area contributed by atoms with Gasteiger partial charge in [0.1, 0.15) is 41.0 Å². The third-order valence-electron chi connectivity index (χ3n) is 7.23. The fourth-order valence-corrected chi connectivity index (χ4v) is 7.34. The molecule has 0 saturated carbocycles. The van der Waals surface area contributed by atoms with Crippen LogP contribution in [0.25, 0.3) is 22.6 Å². The SMILES string of the molecule is CC(=O)OCOC(=O)C1C(/C=C\COc2ccc3nc4ccc(=O)cc-4oc3c2)CS[C@@H]2[C@H](NC(=O)Cc3cccs3)C(=O)N12. The van der Waals surface area contributed by atoms with E-state index in [0.29, 0.717) is 34.1 Å². The Bertz CT molecular complexity index is 1810. The molecule has 2 aromatic rings. The van der Waals surface area contributed by atoms with E-state index in [4.69, 9.17) is 18.6 Å². The Labute approximate surface area is 264 Å². The fraction of sp³-hybridized carbons (Fsp3) is 0.290. The number of ether oxygens (including phenoxy) is 3. The summed E-state index contributed by atoms with van der Waals surface area (Å²) in [4.78, 5) is 68.6. The van der Waals surface area contributed by atoms with Crippen molar-refractivity contribution < 1.29 is 37.8 Å². The summed E-state index contributed by atoms with van der Waals surface area (Å²) in [7, 11) is 0. The predicted octanol–water partition coefficient (Wildman–Crippen LogP) is 2.98. The summed E-state index contributed by atoms with van der Waals surface area (Å²) < 4.78 is 21.7. The third kappa shape index (κ3) is 6.71. The van der Waals surface area contributed by atoms with E-state index in [2.05, 4.69) is 10.3 Å². The second-order valence-electron chi connectivity index (χ2n) is 10.3. The number of fused-ring (bicyclic) bond motifs is 3. The molecule has 4 heterocycles. The second-order valence-corrected chi connectivity index (χ2v) is 12.5. The van der Waals surface area contributed by atoms with Crippen LogP contribution < -0.4 is 15.5 Å². The largest absolute Gasteiger partial charge is 0.489 e. The van der Waals surface area contributed by atoms with Gasteiger partial charge in [-0.3, -0.25) is 19.2 Å². The number of rotatable bonds is 10. The molecule has 2 unspecified atom stereocenters. The van der Waals surface area contributed by atoms with Crippen molar-refractivity contribution in [3.05, 3.63) is 81.2 Å². The molecule has 2 saturated heterocycles. The molecule has 45 heavy (non-hydrogen) atoms. The highest BCUT2D eigenvalue weighted by atomic mass is 32.2. The maximum atomic E-state index is 13.2. The Kier molecular flexibility index (Phi) is 8.85. The van der Waals surface area contributed by atoms with Gasteiger partial charge in [0, 0.05) is 35.6 Å². The van der Waals surface area contributed by atoms with E-state index in [1.54, 1.807) is 36.4 Å². The zero-order valence-corrected chi connectivity index (χ0v) is 25.5. The van der Waals surface area contributed by atoms with Gasteiger partial charge in [0.05, 0.1) is 6.42 Å². The van der Waals surface area contributed by atoms with Crippen molar-refractivity contribution in [1.82, 2.24) is 15.2 Å². The number of hydrogen-bond acceptors (Lipinski definition) is 12. The number of carbonyl (C=O) groups is 4. The van der Waals surface area contributed by atoms with E-state index in [1.807, 2.05) is 17.5 Å². The number of nitrogens with one attached hydrogen (secondary N) is 1. The minimum atomic E-state index is -0.981. The minimum absolute atomic E-state index is 0.145. The molecule has 0 spiro atoms. The molecule has 1 N–H and O–H groups in total. The van der Waals surface area contributed by atoms with Gasteiger partial charge in [0.15, 0.2) is 16.8 Å². The highest BCUT2D eigenvalue weighted by Gasteiger charge is 2.57. The predicted molar refractivity (Wildman–Crippen MR) is 165 cm³/mol. The summed E-state index contributed by atoms with van der Waals surface area (Å²) in [6, 6.07) is 11.5. The van der Waals surface area contributed by atoms with Crippen LogP contribution in [0, 0.1) is 5.92 Å². The molecule has 2 amide bonds. The average molecular weight is 650 g/mol. The summed E-state index contributed by atoms with van der Waals surface area (Å²) in [5.41, 5.74) is 1.45. The Hall–Kier alpha value is -4.69. The smallest absolute Gasteiger partial charge is 0.332 e. The summed E-state index contributed by atoms with van der Waals surface area (Å²) in [6.07, 6.45) is 3.69. The first kappa shape index (κ1) is 30.3.